The van der Waals surface area contributed by atoms with Crippen molar-refractivity contribution in [2.24, 2.45) is 11.7 Å². The van der Waals surface area contributed by atoms with Crippen molar-refractivity contribution in [3.63, 3.8) is 0 Å². The summed E-state index contributed by atoms with van der Waals surface area (Å²) in [6.07, 6.45) is 0. The van der Waals surface area contributed by atoms with Crippen LogP contribution in [-0.4, -0.2) is 43.6 Å². The maximum Gasteiger partial charge on any atom is 0.326 e. The van der Waals surface area contributed by atoms with Gasteiger partial charge in [0.2, 0.25) is 5.91 Å². The second-order valence-electron chi connectivity index (χ2n) is 4.72. The van der Waals surface area contributed by atoms with Gasteiger partial charge in [-0.05, 0) is 25.1 Å². The summed E-state index contributed by atoms with van der Waals surface area (Å²) < 4.78 is 4.59. The number of hydrogen-bond donors (Lipinski definition) is 1. The van der Waals surface area contributed by atoms with Gasteiger partial charge in [-0.2, -0.15) is 0 Å². The molecule has 1 unspecified atom stereocenters. The van der Waals surface area contributed by atoms with Crippen molar-refractivity contribution < 1.29 is 19.1 Å². The Morgan fingerprint density at radius 3 is 2.73 bits per heavy atom. The molecular formula is C15H18N2O4S. The topological polar surface area (TPSA) is 89.7 Å². The molecule has 0 bridgehead atoms. The Balaban J connectivity index is 2.46. The Hall–Kier alpha value is -1.86. The quantitative estimate of drug-likeness (QED) is 0.495. The average Bonchev–Trinajstić information content (AvgIpc) is 2.53. The number of thioether (sulfide) groups is 1. The largest absolute Gasteiger partial charge is 0.468 e. The molecule has 1 heterocycles. The Kier molecular flexibility index (Phi) is 5.20. The summed E-state index contributed by atoms with van der Waals surface area (Å²) in [5.41, 5.74) is 6.40. The first-order valence-corrected chi connectivity index (χ1v) is 7.94. The molecule has 1 amide bonds. The SMILES string of the molecule is CCN1C(=O)C(C(=O)OC)C(=O)c2ccc(SCCN)cc21. The monoisotopic (exact) mass is 322 g/mol. The fourth-order valence-electron chi connectivity index (χ4n) is 2.40. The molecule has 2 rings (SSSR count). The number of amides is 1. The molecule has 7 heteroatoms. The van der Waals surface area contributed by atoms with E-state index in [1.54, 1.807) is 36.9 Å². The van der Waals surface area contributed by atoms with Crippen LogP contribution >= 0.6 is 11.8 Å². The first-order valence-electron chi connectivity index (χ1n) is 6.95. The van der Waals surface area contributed by atoms with Crippen molar-refractivity contribution in [3.05, 3.63) is 23.8 Å². The summed E-state index contributed by atoms with van der Waals surface area (Å²) in [6, 6.07) is 5.25. The molecule has 1 aromatic rings. The second kappa shape index (κ2) is 6.93. The number of ketones is 1. The van der Waals surface area contributed by atoms with Crippen molar-refractivity contribution >= 4 is 35.1 Å². The van der Waals surface area contributed by atoms with Gasteiger partial charge in [0, 0.05) is 29.3 Å². The van der Waals surface area contributed by atoms with E-state index in [0.29, 0.717) is 24.3 Å². The average molecular weight is 322 g/mol. The number of carbonyl (C=O) groups excluding carboxylic acids is 3. The molecule has 1 aromatic carbocycles. The smallest absolute Gasteiger partial charge is 0.326 e. The standard InChI is InChI=1S/C15H18N2O4S/c1-3-17-11-8-9(22-7-6-16)4-5-10(11)13(18)12(14(17)19)15(20)21-2/h4-5,8,12H,3,6-7,16H2,1-2H3. The molecule has 0 spiro atoms. The van der Waals surface area contributed by atoms with Crippen LogP contribution in [0.4, 0.5) is 5.69 Å². The molecule has 1 aliphatic rings. The van der Waals surface area contributed by atoms with E-state index in [1.807, 2.05) is 0 Å². The van der Waals surface area contributed by atoms with Gasteiger partial charge in [0.15, 0.2) is 11.7 Å². The highest BCUT2D eigenvalue weighted by molar-refractivity contribution is 7.99. The molecule has 6 nitrogen and oxygen atoms in total. The lowest BCUT2D eigenvalue weighted by Gasteiger charge is -2.31. The minimum atomic E-state index is -1.40. The van der Waals surface area contributed by atoms with Crippen LogP contribution in [0.15, 0.2) is 23.1 Å². The minimum absolute atomic E-state index is 0.369. The van der Waals surface area contributed by atoms with Crippen LogP contribution in [0.25, 0.3) is 0 Å². The number of fused-ring (bicyclic) bond motifs is 1. The van der Waals surface area contributed by atoms with Gasteiger partial charge in [0.1, 0.15) is 0 Å². The molecule has 2 N–H and O–H groups in total. The Morgan fingerprint density at radius 1 is 1.41 bits per heavy atom. The lowest BCUT2D eigenvalue weighted by Crippen LogP contribution is -2.48. The van der Waals surface area contributed by atoms with Gasteiger partial charge < -0.3 is 15.4 Å². The van der Waals surface area contributed by atoms with E-state index in [4.69, 9.17) is 5.73 Å². The number of nitrogens with zero attached hydrogens (tertiary/aromatic N) is 1. The number of hydrogen-bond acceptors (Lipinski definition) is 6. The summed E-state index contributed by atoms with van der Waals surface area (Å²) in [4.78, 5) is 39.0. The maximum atomic E-state index is 12.4. The summed E-state index contributed by atoms with van der Waals surface area (Å²) >= 11 is 1.55. The molecule has 0 saturated heterocycles. The number of Topliss-reactive ketones (excluding diaryl/α,β-unsaturated/α-hetero) is 1. The van der Waals surface area contributed by atoms with Crippen molar-refractivity contribution in [2.45, 2.75) is 11.8 Å². The van der Waals surface area contributed by atoms with E-state index in [-0.39, 0.29) is 0 Å². The van der Waals surface area contributed by atoms with Gasteiger partial charge in [-0.25, -0.2) is 0 Å². The molecule has 1 aliphatic heterocycles. The van der Waals surface area contributed by atoms with Crippen molar-refractivity contribution in [3.8, 4) is 0 Å². The molecule has 118 valence electrons. The number of rotatable bonds is 5. The number of esters is 1. The Labute approximate surface area is 133 Å². The third-order valence-corrected chi connectivity index (χ3v) is 4.47. The number of nitrogens with two attached hydrogens (primary N) is 1. The summed E-state index contributed by atoms with van der Waals surface area (Å²) in [6.45, 7) is 2.71. The Bertz CT molecular complexity index is 618. The zero-order chi connectivity index (χ0) is 16.3. The summed E-state index contributed by atoms with van der Waals surface area (Å²) in [7, 11) is 1.17. The van der Waals surface area contributed by atoms with E-state index in [1.165, 1.54) is 12.0 Å². The molecule has 0 radical (unpaired) electrons. The summed E-state index contributed by atoms with van der Waals surface area (Å²) in [5, 5.41) is 0. The maximum absolute atomic E-state index is 12.4. The van der Waals surface area contributed by atoms with Crippen LogP contribution < -0.4 is 10.6 Å². The van der Waals surface area contributed by atoms with E-state index in [2.05, 4.69) is 4.74 Å². The van der Waals surface area contributed by atoms with Crippen LogP contribution in [0.1, 0.15) is 17.3 Å². The fraction of sp³-hybridized carbons (Fsp3) is 0.400. The van der Waals surface area contributed by atoms with Gasteiger partial charge in [0.05, 0.1) is 12.8 Å². The third-order valence-electron chi connectivity index (χ3n) is 3.44. The highest BCUT2D eigenvalue weighted by Gasteiger charge is 2.44. The van der Waals surface area contributed by atoms with Gasteiger partial charge >= 0.3 is 5.97 Å². The normalized spacial score (nSPS) is 17.4. The molecule has 0 fully saturated rings. The lowest BCUT2D eigenvalue weighted by molar-refractivity contribution is -0.147. The van der Waals surface area contributed by atoms with Crippen LogP contribution in [0.3, 0.4) is 0 Å². The number of methoxy groups -OCH3 is 1. The first-order chi connectivity index (χ1) is 10.5. The van der Waals surface area contributed by atoms with Crippen molar-refractivity contribution in [2.75, 3.05) is 30.9 Å². The molecule has 1 atom stereocenters. The first kappa shape index (κ1) is 16.5. The minimum Gasteiger partial charge on any atom is -0.468 e. The molecule has 0 aromatic heterocycles. The van der Waals surface area contributed by atoms with Gasteiger partial charge in [0.25, 0.3) is 0 Å². The predicted octanol–water partition coefficient (Wildman–Crippen LogP) is 1.08. The van der Waals surface area contributed by atoms with Gasteiger partial charge in [-0.3, -0.25) is 14.4 Å². The second-order valence-corrected chi connectivity index (χ2v) is 5.89. The van der Waals surface area contributed by atoms with E-state index in [0.717, 1.165) is 10.6 Å². The zero-order valence-corrected chi connectivity index (χ0v) is 13.3. The number of anilines is 1. The van der Waals surface area contributed by atoms with E-state index < -0.39 is 23.6 Å². The molecular weight excluding hydrogens is 304 g/mol. The highest BCUT2D eigenvalue weighted by atomic mass is 32.2. The lowest BCUT2D eigenvalue weighted by atomic mass is 9.90. The zero-order valence-electron chi connectivity index (χ0n) is 12.5. The highest BCUT2D eigenvalue weighted by Crippen LogP contribution is 2.34. The van der Waals surface area contributed by atoms with E-state index >= 15 is 0 Å². The predicted molar refractivity (Wildman–Crippen MR) is 84.1 cm³/mol. The fourth-order valence-corrected chi connectivity index (χ4v) is 3.12. The van der Waals surface area contributed by atoms with Gasteiger partial charge in [-0.1, -0.05) is 0 Å². The molecule has 0 saturated carbocycles. The molecule has 22 heavy (non-hydrogen) atoms. The Morgan fingerprint density at radius 2 is 2.14 bits per heavy atom. The number of carbonyl (C=O) groups is 3. The van der Waals surface area contributed by atoms with Crippen molar-refractivity contribution in [1.82, 2.24) is 0 Å². The third kappa shape index (κ3) is 2.86. The van der Waals surface area contributed by atoms with Crippen LogP contribution in [0.2, 0.25) is 0 Å². The summed E-state index contributed by atoms with van der Waals surface area (Å²) in [5.74, 6) is -2.52. The number of ether oxygens (including phenoxy) is 1. The van der Waals surface area contributed by atoms with Crippen LogP contribution in [-0.2, 0) is 14.3 Å². The van der Waals surface area contributed by atoms with Crippen LogP contribution in [0.5, 0.6) is 0 Å². The van der Waals surface area contributed by atoms with Gasteiger partial charge in [-0.15, -0.1) is 11.8 Å². The van der Waals surface area contributed by atoms with Crippen LogP contribution in [0, 0.1) is 5.92 Å². The molecule has 0 aliphatic carbocycles. The number of benzene rings is 1. The van der Waals surface area contributed by atoms with E-state index in [9.17, 15) is 14.4 Å². The van der Waals surface area contributed by atoms with Crippen molar-refractivity contribution in [1.29, 1.82) is 0 Å².